The molecule has 0 saturated heterocycles. The number of rotatable bonds is 9. The number of ether oxygens (including phenoxy) is 1. The van der Waals surface area contributed by atoms with Gasteiger partial charge in [0.05, 0.1) is 18.4 Å². The third-order valence-electron chi connectivity index (χ3n) is 4.28. The molecule has 0 saturated carbocycles. The standard InChI is InChI=1S/C23H21N3O4/c24-9-4-3-6-20(26-15-25)19-12-16(11-18-8-10-29-23(18)19)14-30-21-7-2-1-5-17(21)13-22(27)28/h1-12,15,25H,13-14,24H2,(H,27,28)/b6-3+,9-4+,25-15?,26-20+. The molecular weight excluding hydrogens is 382 g/mol. The Hall–Kier alpha value is -4.13. The smallest absolute Gasteiger partial charge is 0.307 e. The quantitative estimate of drug-likeness (QED) is 0.282. The number of hydrogen-bond donors (Lipinski definition) is 3. The van der Waals surface area contributed by atoms with Gasteiger partial charge in [-0.15, -0.1) is 0 Å². The van der Waals surface area contributed by atoms with Crippen LogP contribution in [0.2, 0.25) is 0 Å². The zero-order valence-corrected chi connectivity index (χ0v) is 16.1. The summed E-state index contributed by atoms with van der Waals surface area (Å²) < 4.78 is 11.5. The van der Waals surface area contributed by atoms with Crippen LogP contribution in [0.5, 0.6) is 5.75 Å². The lowest BCUT2D eigenvalue weighted by molar-refractivity contribution is -0.136. The first-order valence-corrected chi connectivity index (χ1v) is 9.17. The number of aliphatic imine (C=N–C) groups is 1. The number of allylic oxidation sites excluding steroid dienone is 3. The number of hydrogen-bond acceptors (Lipinski definition) is 5. The van der Waals surface area contributed by atoms with Crippen molar-refractivity contribution < 1.29 is 19.1 Å². The van der Waals surface area contributed by atoms with E-state index >= 15 is 0 Å². The molecule has 0 amide bonds. The van der Waals surface area contributed by atoms with Crippen molar-refractivity contribution in [1.29, 1.82) is 5.41 Å². The van der Waals surface area contributed by atoms with Crippen molar-refractivity contribution in [2.24, 2.45) is 10.7 Å². The molecule has 0 unspecified atom stereocenters. The second kappa shape index (κ2) is 9.88. The molecule has 0 aliphatic carbocycles. The Labute approximate surface area is 173 Å². The molecule has 7 nitrogen and oxygen atoms in total. The minimum Gasteiger partial charge on any atom is -0.489 e. The Morgan fingerprint density at radius 1 is 1.23 bits per heavy atom. The van der Waals surface area contributed by atoms with Crippen LogP contribution in [-0.2, 0) is 17.8 Å². The summed E-state index contributed by atoms with van der Waals surface area (Å²) in [5, 5.41) is 17.3. The molecule has 0 radical (unpaired) electrons. The van der Waals surface area contributed by atoms with E-state index in [4.69, 9.17) is 25.4 Å². The van der Waals surface area contributed by atoms with E-state index in [1.807, 2.05) is 18.2 Å². The summed E-state index contributed by atoms with van der Waals surface area (Å²) in [6.07, 6.45) is 8.96. The molecule has 7 heteroatoms. The van der Waals surface area contributed by atoms with E-state index in [-0.39, 0.29) is 13.0 Å². The average molecular weight is 403 g/mol. The maximum Gasteiger partial charge on any atom is 0.307 e. The van der Waals surface area contributed by atoms with Gasteiger partial charge in [-0.1, -0.05) is 24.3 Å². The van der Waals surface area contributed by atoms with Crippen LogP contribution in [-0.4, -0.2) is 23.1 Å². The average Bonchev–Trinajstić information content (AvgIpc) is 3.20. The van der Waals surface area contributed by atoms with E-state index in [0.29, 0.717) is 28.2 Å². The van der Waals surface area contributed by atoms with Crippen molar-refractivity contribution >= 4 is 29.0 Å². The number of furan rings is 1. The fourth-order valence-corrected chi connectivity index (χ4v) is 3.02. The summed E-state index contributed by atoms with van der Waals surface area (Å²) in [4.78, 5) is 15.2. The van der Waals surface area contributed by atoms with Crippen molar-refractivity contribution in [3.63, 3.8) is 0 Å². The molecule has 0 aliphatic rings. The minimum absolute atomic E-state index is 0.113. The van der Waals surface area contributed by atoms with Gasteiger partial charge in [-0.3, -0.25) is 10.2 Å². The van der Waals surface area contributed by atoms with Crippen LogP contribution in [0.1, 0.15) is 16.7 Å². The SMILES string of the molecule is N=C\N=C(/C=C/C=C/N)c1cc(COc2ccccc2CC(=O)O)cc2ccoc12. The molecule has 0 bridgehead atoms. The fourth-order valence-electron chi connectivity index (χ4n) is 3.02. The Kier molecular flexibility index (Phi) is 6.78. The van der Waals surface area contributed by atoms with Gasteiger partial charge in [0.15, 0.2) is 0 Å². The van der Waals surface area contributed by atoms with Crippen LogP contribution in [0.4, 0.5) is 0 Å². The molecule has 0 aliphatic heterocycles. The summed E-state index contributed by atoms with van der Waals surface area (Å²) in [5.74, 6) is -0.394. The largest absolute Gasteiger partial charge is 0.489 e. The van der Waals surface area contributed by atoms with Crippen LogP contribution in [0.25, 0.3) is 11.0 Å². The van der Waals surface area contributed by atoms with E-state index < -0.39 is 5.97 Å². The van der Waals surface area contributed by atoms with Gasteiger partial charge in [-0.2, -0.15) is 0 Å². The number of fused-ring (bicyclic) bond motifs is 1. The fraction of sp³-hybridized carbons (Fsp3) is 0.0870. The highest BCUT2D eigenvalue weighted by Gasteiger charge is 2.13. The van der Waals surface area contributed by atoms with E-state index in [2.05, 4.69) is 4.99 Å². The topological polar surface area (TPSA) is 122 Å². The zero-order valence-electron chi connectivity index (χ0n) is 16.1. The summed E-state index contributed by atoms with van der Waals surface area (Å²) in [6, 6.07) is 12.7. The van der Waals surface area contributed by atoms with Crippen molar-refractivity contribution in [3.8, 4) is 5.75 Å². The van der Waals surface area contributed by atoms with E-state index in [1.54, 1.807) is 48.8 Å². The van der Waals surface area contributed by atoms with Gasteiger partial charge in [0.1, 0.15) is 24.3 Å². The molecule has 30 heavy (non-hydrogen) atoms. The number of benzene rings is 2. The van der Waals surface area contributed by atoms with Crippen molar-refractivity contribution in [2.75, 3.05) is 0 Å². The maximum atomic E-state index is 11.1. The van der Waals surface area contributed by atoms with Gasteiger partial charge in [-0.05, 0) is 48.2 Å². The van der Waals surface area contributed by atoms with Crippen molar-refractivity contribution in [1.82, 2.24) is 0 Å². The summed E-state index contributed by atoms with van der Waals surface area (Å²) in [7, 11) is 0. The number of carbonyl (C=O) groups is 1. The van der Waals surface area contributed by atoms with Gasteiger partial charge in [0.2, 0.25) is 0 Å². The number of aliphatic carboxylic acids is 1. The molecule has 4 N–H and O–H groups in total. The first-order valence-electron chi connectivity index (χ1n) is 9.17. The molecule has 1 aromatic heterocycles. The molecule has 3 aromatic rings. The predicted octanol–water partition coefficient (Wildman–Crippen LogP) is 4.06. The summed E-state index contributed by atoms with van der Waals surface area (Å²) >= 11 is 0. The van der Waals surface area contributed by atoms with Crippen LogP contribution < -0.4 is 10.5 Å². The van der Waals surface area contributed by atoms with Crippen molar-refractivity contribution in [2.45, 2.75) is 13.0 Å². The lowest BCUT2D eigenvalue weighted by Crippen LogP contribution is -2.05. The van der Waals surface area contributed by atoms with E-state index in [9.17, 15) is 4.79 Å². The number of nitrogens with one attached hydrogen (secondary N) is 1. The number of carboxylic acid groups (broad SMARTS) is 1. The number of para-hydroxylation sites is 1. The number of nitrogens with two attached hydrogens (primary N) is 1. The van der Waals surface area contributed by atoms with E-state index in [1.165, 1.54) is 6.20 Å². The second-order valence-corrected chi connectivity index (χ2v) is 6.34. The van der Waals surface area contributed by atoms with Gasteiger partial charge in [-0.25, -0.2) is 4.99 Å². The summed E-state index contributed by atoms with van der Waals surface area (Å²) in [5.41, 5.74) is 8.73. The lowest BCUT2D eigenvalue weighted by Gasteiger charge is -2.12. The highest BCUT2D eigenvalue weighted by Crippen LogP contribution is 2.26. The first-order chi connectivity index (χ1) is 14.6. The van der Waals surface area contributed by atoms with Crippen LogP contribution in [0.3, 0.4) is 0 Å². The van der Waals surface area contributed by atoms with Gasteiger partial charge < -0.3 is 20.0 Å². The van der Waals surface area contributed by atoms with E-state index in [0.717, 1.165) is 17.3 Å². The van der Waals surface area contributed by atoms with Crippen molar-refractivity contribution in [3.05, 3.63) is 89.8 Å². The van der Waals surface area contributed by atoms with Crippen LogP contribution in [0.15, 0.2) is 82.6 Å². The minimum atomic E-state index is -0.918. The third-order valence-corrected chi connectivity index (χ3v) is 4.28. The molecule has 1 heterocycles. The zero-order chi connectivity index (χ0) is 21.3. The van der Waals surface area contributed by atoms with Crippen LogP contribution in [0, 0.1) is 5.41 Å². The molecule has 3 rings (SSSR count). The molecule has 2 aromatic carbocycles. The maximum absolute atomic E-state index is 11.1. The van der Waals surface area contributed by atoms with Gasteiger partial charge >= 0.3 is 5.97 Å². The highest BCUT2D eigenvalue weighted by atomic mass is 16.5. The Bertz CT molecular complexity index is 1140. The normalized spacial score (nSPS) is 12.1. The number of carboxylic acids is 1. The Morgan fingerprint density at radius 3 is 2.83 bits per heavy atom. The van der Waals surface area contributed by atoms with Gasteiger partial charge in [0.25, 0.3) is 0 Å². The molecule has 0 fully saturated rings. The molecular formula is C23H21N3O4. The second-order valence-electron chi connectivity index (χ2n) is 6.34. The lowest BCUT2D eigenvalue weighted by atomic mass is 10.0. The van der Waals surface area contributed by atoms with Gasteiger partial charge in [0, 0.05) is 16.5 Å². The monoisotopic (exact) mass is 403 g/mol. The first kappa shape index (κ1) is 20.6. The third kappa shape index (κ3) is 5.02. The Morgan fingerprint density at radius 2 is 2.07 bits per heavy atom. The summed E-state index contributed by atoms with van der Waals surface area (Å²) in [6.45, 7) is 0.231. The highest BCUT2D eigenvalue weighted by molar-refractivity contribution is 6.17. The number of nitrogens with zero attached hydrogens (tertiary/aromatic N) is 1. The molecule has 0 atom stereocenters. The van der Waals surface area contributed by atoms with Crippen LogP contribution >= 0.6 is 0 Å². The predicted molar refractivity (Wildman–Crippen MR) is 116 cm³/mol. The molecule has 152 valence electrons. The Balaban J connectivity index is 1.94. The molecule has 0 spiro atoms.